The van der Waals surface area contributed by atoms with Crippen LogP contribution in [0, 0.1) is 0 Å². The molecule has 1 fully saturated rings. The third-order valence-electron chi connectivity index (χ3n) is 5.06. The van der Waals surface area contributed by atoms with E-state index in [1.165, 1.54) is 5.56 Å². The van der Waals surface area contributed by atoms with Gasteiger partial charge in [-0.05, 0) is 52.8 Å². The Balaban J connectivity index is 1.37. The predicted molar refractivity (Wildman–Crippen MR) is 128 cm³/mol. The summed E-state index contributed by atoms with van der Waals surface area (Å²) in [5.41, 5.74) is 2.66. The highest BCUT2D eigenvalue weighted by atomic mass is 79.9. The molecule has 0 aliphatic carbocycles. The lowest BCUT2D eigenvalue weighted by atomic mass is 10.0. The molecule has 7 heteroatoms. The maximum absolute atomic E-state index is 12.8. The second-order valence-electron chi connectivity index (χ2n) is 7.13. The van der Waals surface area contributed by atoms with Gasteiger partial charge in [0, 0.05) is 35.4 Å². The highest BCUT2D eigenvalue weighted by molar-refractivity contribution is 9.10. The number of amides is 1. The first kappa shape index (κ1) is 20.9. The fourth-order valence-corrected chi connectivity index (χ4v) is 4.22. The Labute approximate surface area is 189 Å². The van der Waals surface area contributed by atoms with Gasteiger partial charge in [0.05, 0.1) is 13.2 Å². The molecule has 5 nitrogen and oxygen atoms in total. The van der Waals surface area contributed by atoms with Crippen molar-refractivity contribution in [1.29, 1.82) is 0 Å². The SMILES string of the molecule is O=C(NC(=S)Nc1ccc(CN2CCOCC2)cc1)c1cccc2c(Br)cccc12. The summed E-state index contributed by atoms with van der Waals surface area (Å²) >= 11 is 8.88. The monoisotopic (exact) mass is 483 g/mol. The highest BCUT2D eigenvalue weighted by Gasteiger charge is 2.13. The van der Waals surface area contributed by atoms with Crippen molar-refractivity contribution in [2.24, 2.45) is 0 Å². The van der Waals surface area contributed by atoms with Crippen molar-refractivity contribution in [3.8, 4) is 0 Å². The topological polar surface area (TPSA) is 53.6 Å². The standard InChI is InChI=1S/C23H22BrN3O2S/c24-21-6-2-3-18-19(21)4-1-5-20(18)22(28)26-23(30)25-17-9-7-16(8-10-17)15-27-11-13-29-14-12-27/h1-10H,11-15H2,(H2,25,26,28,30). The van der Waals surface area contributed by atoms with Crippen LogP contribution < -0.4 is 10.6 Å². The molecule has 0 radical (unpaired) electrons. The first-order chi connectivity index (χ1) is 14.6. The molecule has 0 aromatic heterocycles. The number of fused-ring (bicyclic) bond motifs is 1. The number of nitrogens with zero attached hydrogens (tertiary/aromatic N) is 1. The van der Waals surface area contributed by atoms with Crippen molar-refractivity contribution < 1.29 is 9.53 Å². The van der Waals surface area contributed by atoms with Crippen LogP contribution in [0.4, 0.5) is 5.69 Å². The van der Waals surface area contributed by atoms with Gasteiger partial charge in [-0.1, -0.05) is 52.3 Å². The number of benzene rings is 3. The van der Waals surface area contributed by atoms with E-state index in [1.807, 2.05) is 42.5 Å². The molecular weight excluding hydrogens is 462 g/mol. The number of carbonyl (C=O) groups is 1. The van der Waals surface area contributed by atoms with Crippen molar-refractivity contribution in [2.45, 2.75) is 6.54 Å². The van der Waals surface area contributed by atoms with Gasteiger partial charge in [-0.2, -0.15) is 0 Å². The molecule has 1 aliphatic heterocycles. The van der Waals surface area contributed by atoms with Crippen LogP contribution in [0.5, 0.6) is 0 Å². The smallest absolute Gasteiger partial charge is 0.258 e. The zero-order valence-corrected chi connectivity index (χ0v) is 18.8. The van der Waals surface area contributed by atoms with Gasteiger partial charge in [-0.25, -0.2) is 0 Å². The third-order valence-corrected chi connectivity index (χ3v) is 5.96. The lowest BCUT2D eigenvalue weighted by molar-refractivity contribution is 0.0342. The van der Waals surface area contributed by atoms with E-state index in [0.717, 1.165) is 53.8 Å². The van der Waals surface area contributed by atoms with E-state index in [1.54, 1.807) is 6.07 Å². The van der Waals surface area contributed by atoms with Gasteiger partial charge in [0.25, 0.3) is 5.91 Å². The van der Waals surface area contributed by atoms with E-state index in [-0.39, 0.29) is 11.0 Å². The van der Waals surface area contributed by atoms with Gasteiger partial charge in [0.15, 0.2) is 5.11 Å². The Morgan fingerprint density at radius 3 is 2.47 bits per heavy atom. The van der Waals surface area contributed by atoms with Crippen LogP contribution in [-0.2, 0) is 11.3 Å². The average molecular weight is 484 g/mol. The maximum atomic E-state index is 12.8. The molecule has 3 aromatic carbocycles. The average Bonchev–Trinajstić information content (AvgIpc) is 2.76. The number of halogens is 1. The fraction of sp³-hybridized carbons (Fsp3) is 0.217. The molecule has 30 heavy (non-hydrogen) atoms. The largest absolute Gasteiger partial charge is 0.379 e. The van der Waals surface area contributed by atoms with E-state index >= 15 is 0 Å². The molecule has 4 rings (SSSR count). The molecular formula is C23H22BrN3O2S. The molecule has 1 amide bonds. The molecule has 3 aromatic rings. The zero-order chi connectivity index (χ0) is 20.9. The first-order valence-corrected chi connectivity index (χ1v) is 11.0. The van der Waals surface area contributed by atoms with Crippen molar-refractivity contribution in [3.05, 3.63) is 76.3 Å². The molecule has 0 atom stereocenters. The molecule has 0 saturated carbocycles. The second kappa shape index (κ2) is 9.66. The Bertz CT molecular complexity index is 1070. The molecule has 154 valence electrons. The van der Waals surface area contributed by atoms with Crippen LogP contribution in [0.3, 0.4) is 0 Å². The van der Waals surface area contributed by atoms with Gasteiger partial charge in [0.1, 0.15) is 0 Å². The summed E-state index contributed by atoms with van der Waals surface area (Å²) in [5, 5.41) is 8.00. The summed E-state index contributed by atoms with van der Waals surface area (Å²) < 4.78 is 6.34. The Morgan fingerprint density at radius 2 is 1.70 bits per heavy atom. The minimum atomic E-state index is -0.236. The number of ether oxygens (including phenoxy) is 1. The number of hydrogen-bond acceptors (Lipinski definition) is 4. The number of morpholine rings is 1. The van der Waals surface area contributed by atoms with E-state index in [4.69, 9.17) is 17.0 Å². The van der Waals surface area contributed by atoms with E-state index in [2.05, 4.69) is 43.6 Å². The van der Waals surface area contributed by atoms with Crippen LogP contribution in [-0.4, -0.2) is 42.2 Å². The van der Waals surface area contributed by atoms with Gasteiger partial charge in [0.2, 0.25) is 0 Å². The minimum absolute atomic E-state index is 0.236. The number of rotatable bonds is 4. The quantitative estimate of drug-likeness (QED) is 0.532. The first-order valence-electron chi connectivity index (χ1n) is 9.79. The zero-order valence-electron chi connectivity index (χ0n) is 16.4. The summed E-state index contributed by atoms with van der Waals surface area (Å²) in [6.45, 7) is 4.41. The number of hydrogen-bond donors (Lipinski definition) is 2. The summed E-state index contributed by atoms with van der Waals surface area (Å²) in [4.78, 5) is 15.2. The molecule has 2 N–H and O–H groups in total. The summed E-state index contributed by atoms with van der Waals surface area (Å²) in [5.74, 6) is -0.236. The van der Waals surface area contributed by atoms with E-state index in [0.29, 0.717) is 5.56 Å². The third kappa shape index (κ3) is 5.05. The van der Waals surface area contributed by atoms with Crippen molar-refractivity contribution in [3.63, 3.8) is 0 Å². The second-order valence-corrected chi connectivity index (χ2v) is 8.40. The van der Waals surface area contributed by atoms with E-state index in [9.17, 15) is 4.79 Å². The summed E-state index contributed by atoms with van der Waals surface area (Å²) in [6, 6.07) is 19.5. The molecule has 1 heterocycles. The number of carbonyl (C=O) groups excluding carboxylic acids is 1. The predicted octanol–water partition coefficient (Wildman–Crippen LogP) is 4.56. The van der Waals surface area contributed by atoms with Gasteiger partial charge < -0.3 is 10.1 Å². The summed E-state index contributed by atoms with van der Waals surface area (Å²) in [6.07, 6.45) is 0. The Kier molecular flexibility index (Phi) is 6.74. The Morgan fingerprint density at radius 1 is 1.00 bits per heavy atom. The van der Waals surface area contributed by atoms with Crippen LogP contribution in [0.1, 0.15) is 15.9 Å². The van der Waals surface area contributed by atoms with Crippen LogP contribution in [0.15, 0.2) is 65.1 Å². The summed E-state index contributed by atoms with van der Waals surface area (Å²) in [7, 11) is 0. The molecule has 0 unspecified atom stereocenters. The minimum Gasteiger partial charge on any atom is -0.379 e. The van der Waals surface area contributed by atoms with Gasteiger partial charge in [-0.15, -0.1) is 0 Å². The van der Waals surface area contributed by atoms with Crippen LogP contribution >= 0.6 is 28.1 Å². The van der Waals surface area contributed by atoms with Gasteiger partial charge >= 0.3 is 0 Å². The highest BCUT2D eigenvalue weighted by Crippen LogP contribution is 2.26. The normalized spacial score (nSPS) is 14.4. The van der Waals surface area contributed by atoms with Crippen LogP contribution in [0.25, 0.3) is 10.8 Å². The molecule has 0 spiro atoms. The number of thiocarbonyl (C=S) groups is 1. The lowest BCUT2D eigenvalue weighted by Gasteiger charge is -2.26. The van der Waals surface area contributed by atoms with Gasteiger partial charge in [-0.3, -0.25) is 15.0 Å². The Hall–Kier alpha value is -2.32. The number of nitrogens with one attached hydrogen (secondary N) is 2. The van der Waals surface area contributed by atoms with Crippen LogP contribution in [0.2, 0.25) is 0 Å². The number of anilines is 1. The maximum Gasteiger partial charge on any atom is 0.258 e. The van der Waals surface area contributed by atoms with Crippen molar-refractivity contribution >= 4 is 55.6 Å². The molecule has 1 aliphatic rings. The fourth-order valence-electron chi connectivity index (χ4n) is 3.51. The van der Waals surface area contributed by atoms with Crippen molar-refractivity contribution in [2.75, 3.05) is 31.6 Å². The molecule has 0 bridgehead atoms. The lowest BCUT2D eigenvalue weighted by Crippen LogP contribution is -2.35. The molecule has 1 saturated heterocycles. The van der Waals surface area contributed by atoms with Crippen molar-refractivity contribution in [1.82, 2.24) is 10.2 Å². The van der Waals surface area contributed by atoms with E-state index < -0.39 is 0 Å².